The van der Waals surface area contributed by atoms with Gasteiger partial charge in [0.05, 0.1) is 11.1 Å². The summed E-state index contributed by atoms with van der Waals surface area (Å²) in [6.07, 6.45) is -3.04. The molecule has 2 amide bonds. The third kappa shape index (κ3) is 5.97. The smallest absolute Gasteiger partial charge is 0.354 e. The first-order valence-electron chi connectivity index (χ1n) is 8.63. The Morgan fingerprint density at radius 2 is 1.79 bits per heavy atom. The van der Waals surface area contributed by atoms with Crippen molar-refractivity contribution in [1.82, 2.24) is 15.6 Å². The number of nitrogens with zero attached hydrogens (tertiary/aromatic N) is 1. The van der Waals surface area contributed by atoms with Crippen LogP contribution in [0.2, 0.25) is 0 Å². The molecule has 0 saturated carbocycles. The molecule has 1 heterocycles. The number of aromatic nitrogens is 1. The molecule has 0 aliphatic rings. The Morgan fingerprint density at radius 3 is 2.46 bits per heavy atom. The molecule has 150 valence electrons. The fourth-order valence-electron chi connectivity index (χ4n) is 2.26. The van der Waals surface area contributed by atoms with Gasteiger partial charge in [0.1, 0.15) is 5.82 Å². The molecule has 0 atom stereocenters. The maximum absolute atomic E-state index is 12.9. The van der Waals surface area contributed by atoms with Crippen LogP contribution in [0.5, 0.6) is 0 Å². The van der Waals surface area contributed by atoms with Crippen LogP contribution in [0, 0.1) is 5.92 Å². The monoisotopic (exact) mass is 394 g/mol. The van der Waals surface area contributed by atoms with E-state index in [9.17, 15) is 22.8 Å². The summed E-state index contributed by atoms with van der Waals surface area (Å²) in [7, 11) is 0. The summed E-state index contributed by atoms with van der Waals surface area (Å²) in [6.45, 7) is 3.99. The number of amides is 2. The van der Waals surface area contributed by atoms with Gasteiger partial charge in [-0.05, 0) is 30.3 Å². The molecular formula is C19H21F3N4O2. The van der Waals surface area contributed by atoms with E-state index < -0.39 is 17.6 Å². The Kier molecular flexibility index (Phi) is 6.97. The van der Waals surface area contributed by atoms with Crippen LogP contribution in [-0.4, -0.2) is 29.9 Å². The number of hydrogen-bond donors (Lipinski definition) is 3. The lowest BCUT2D eigenvalue weighted by atomic mass is 10.2. The molecule has 1 aromatic heterocycles. The zero-order valence-electron chi connectivity index (χ0n) is 15.4. The van der Waals surface area contributed by atoms with Crippen LogP contribution in [0.4, 0.5) is 24.7 Å². The maximum Gasteiger partial charge on any atom is 0.416 e. The average Bonchev–Trinajstić information content (AvgIpc) is 2.64. The third-order valence-electron chi connectivity index (χ3n) is 3.74. The van der Waals surface area contributed by atoms with Crippen LogP contribution in [0.15, 0.2) is 42.6 Å². The lowest BCUT2D eigenvalue weighted by Crippen LogP contribution is -2.36. The van der Waals surface area contributed by atoms with Crippen molar-refractivity contribution < 1.29 is 22.8 Å². The second-order valence-corrected chi connectivity index (χ2v) is 6.30. The number of nitrogens with one attached hydrogen (secondary N) is 3. The predicted molar refractivity (Wildman–Crippen MR) is 99.1 cm³/mol. The molecule has 0 radical (unpaired) electrons. The van der Waals surface area contributed by atoms with E-state index in [-0.39, 0.29) is 42.0 Å². The summed E-state index contributed by atoms with van der Waals surface area (Å²) in [5.41, 5.74) is -0.470. The minimum Gasteiger partial charge on any atom is -0.354 e. The molecule has 28 heavy (non-hydrogen) atoms. The Balaban J connectivity index is 2.04. The third-order valence-corrected chi connectivity index (χ3v) is 3.74. The van der Waals surface area contributed by atoms with Gasteiger partial charge in [0.15, 0.2) is 0 Å². The van der Waals surface area contributed by atoms with Crippen molar-refractivity contribution in [3.63, 3.8) is 0 Å². The van der Waals surface area contributed by atoms with Crippen LogP contribution in [0.3, 0.4) is 0 Å². The van der Waals surface area contributed by atoms with Gasteiger partial charge in [-0.3, -0.25) is 9.59 Å². The Bertz CT molecular complexity index is 838. The van der Waals surface area contributed by atoms with Crippen molar-refractivity contribution >= 4 is 23.3 Å². The molecule has 2 rings (SSSR count). The number of carbonyl (C=O) groups excluding carboxylic acids is 2. The molecule has 9 heteroatoms. The number of alkyl halides is 3. The molecule has 0 aliphatic carbocycles. The lowest BCUT2D eigenvalue weighted by Gasteiger charge is -2.13. The number of pyridine rings is 1. The minimum absolute atomic E-state index is 0.123. The number of hydrogen-bond acceptors (Lipinski definition) is 4. The Hall–Kier alpha value is -3.10. The number of anilines is 2. The van der Waals surface area contributed by atoms with Gasteiger partial charge < -0.3 is 16.0 Å². The fraction of sp³-hybridized carbons (Fsp3) is 0.316. The summed E-state index contributed by atoms with van der Waals surface area (Å²) in [5.74, 6) is -0.605. The highest BCUT2D eigenvalue weighted by atomic mass is 19.4. The van der Waals surface area contributed by atoms with Gasteiger partial charge in [-0.1, -0.05) is 19.9 Å². The first-order valence-corrected chi connectivity index (χ1v) is 8.63. The van der Waals surface area contributed by atoms with Crippen LogP contribution < -0.4 is 16.0 Å². The number of halogens is 3. The van der Waals surface area contributed by atoms with Crippen molar-refractivity contribution in [3.8, 4) is 0 Å². The van der Waals surface area contributed by atoms with Gasteiger partial charge in [0.25, 0.3) is 5.91 Å². The van der Waals surface area contributed by atoms with E-state index in [0.29, 0.717) is 0 Å². The predicted octanol–water partition coefficient (Wildman–Crippen LogP) is 3.35. The van der Waals surface area contributed by atoms with E-state index in [0.717, 1.165) is 12.1 Å². The summed E-state index contributed by atoms with van der Waals surface area (Å²) < 4.78 is 38.6. The van der Waals surface area contributed by atoms with Crippen molar-refractivity contribution in [2.45, 2.75) is 20.0 Å². The highest BCUT2D eigenvalue weighted by Gasteiger charge is 2.30. The highest BCUT2D eigenvalue weighted by molar-refractivity contribution is 5.99. The lowest BCUT2D eigenvalue weighted by molar-refractivity contribution is -0.137. The van der Waals surface area contributed by atoms with Crippen molar-refractivity contribution in [2.24, 2.45) is 5.92 Å². The molecule has 0 spiro atoms. The van der Waals surface area contributed by atoms with Crippen LogP contribution in [0.1, 0.15) is 29.8 Å². The van der Waals surface area contributed by atoms with E-state index in [1.807, 2.05) is 0 Å². The number of carbonyl (C=O) groups is 2. The Labute approximate surface area is 160 Å². The van der Waals surface area contributed by atoms with Crippen LogP contribution in [0.25, 0.3) is 0 Å². The van der Waals surface area contributed by atoms with Crippen molar-refractivity contribution in [2.75, 3.05) is 18.4 Å². The van der Waals surface area contributed by atoms with Gasteiger partial charge >= 0.3 is 6.18 Å². The van der Waals surface area contributed by atoms with Gasteiger partial charge in [-0.25, -0.2) is 4.98 Å². The largest absolute Gasteiger partial charge is 0.416 e. The van der Waals surface area contributed by atoms with E-state index in [1.165, 1.54) is 24.4 Å². The molecule has 0 saturated heterocycles. The first-order chi connectivity index (χ1) is 13.2. The topological polar surface area (TPSA) is 83.1 Å². The molecular weight excluding hydrogens is 373 g/mol. The highest BCUT2D eigenvalue weighted by Crippen LogP contribution is 2.31. The molecule has 6 nitrogen and oxygen atoms in total. The van der Waals surface area contributed by atoms with Gasteiger partial charge in [0.2, 0.25) is 5.91 Å². The normalized spacial score (nSPS) is 11.2. The van der Waals surface area contributed by atoms with E-state index in [2.05, 4.69) is 20.9 Å². The zero-order chi connectivity index (χ0) is 20.7. The van der Waals surface area contributed by atoms with Gasteiger partial charge in [0, 0.05) is 30.9 Å². The maximum atomic E-state index is 12.9. The first kappa shape index (κ1) is 21.2. The summed E-state index contributed by atoms with van der Waals surface area (Å²) in [5, 5.41) is 8.06. The zero-order valence-corrected chi connectivity index (χ0v) is 15.4. The standard InChI is InChI=1S/C19H21F3N4O2/c1-12(2)17(27)24-9-10-25-18(28)15-7-4-8-23-16(15)26-14-6-3-5-13(11-14)19(20,21)22/h3-8,11-12H,9-10H2,1-2H3,(H,23,26)(H,24,27)(H,25,28). The van der Waals surface area contributed by atoms with E-state index in [4.69, 9.17) is 0 Å². The molecule has 0 aliphatic heterocycles. The minimum atomic E-state index is -4.47. The quantitative estimate of drug-likeness (QED) is 0.629. The summed E-state index contributed by atoms with van der Waals surface area (Å²) >= 11 is 0. The average molecular weight is 394 g/mol. The van der Waals surface area contributed by atoms with Crippen molar-refractivity contribution in [3.05, 3.63) is 53.7 Å². The summed E-state index contributed by atoms with van der Waals surface area (Å²) in [6, 6.07) is 7.68. The molecule has 3 N–H and O–H groups in total. The summed E-state index contributed by atoms with van der Waals surface area (Å²) in [4.78, 5) is 27.9. The van der Waals surface area contributed by atoms with Crippen molar-refractivity contribution in [1.29, 1.82) is 0 Å². The molecule has 0 bridgehead atoms. The number of benzene rings is 1. The molecule has 1 aromatic carbocycles. The van der Waals surface area contributed by atoms with Gasteiger partial charge in [-0.15, -0.1) is 0 Å². The molecule has 2 aromatic rings. The van der Waals surface area contributed by atoms with E-state index >= 15 is 0 Å². The van der Waals surface area contributed by atoms with Crippen LogP contribution in [-0.2, 0) is 11.0 Å². The SMILES string of the molecule is CC(C)C(=O)NCCNC(=O)c1cccnc1Nc1cccc(C(F)(F)F)c1. The van der Waals surface area contributed by atoms with E-state index in [1.54, 1.807) is 19.9 Å². The second kappa shape index (κ2) is 9.20. The fourth-order valence-corrected chi connectivity index (χ4v) is 2.26. The second-order valence-electron chi connectivity index (χ2n) is 6.30. The van der Waals surface area contributed by atoms with Gasteiger partial charge in [-0.2, -0.15) is 13.2 Å². The molecule has 0 fully saturated rings. The molecule has 0 unspecified atom stereocenters. The Morgan fingerprint density at radius 1 is 1.07 bits per heavy atom. The number of rotatable bonds is 7. The van der Waals surface area contributed by atoms with Crippen LogP contribution >= 0.6 is 0 Å².